The van der Waals surface area contributed by atoms with Crippen molar-refractivity contribution in [1.82, 2.24) is 19.8 Å². The van der Waals surface area contributed by atoms with Gasteiger partial charge in [-0.15, -0.1) is 0 Å². The summed E-state index contributed by atoms with van der Waals surface area (Å²) in [6.07, 6.45) is 7.02. The Kier molecular flexibility index (Phi) is 5.58. The van der Waals surface area contributed by atoms with Gasteiger partial charge >= 0.3 is 0 Å². The van der Waals surface area contributed by atoms with Gasteiger partial charge in [-0.3, -0.25) is 14.7 Å². The minimum absolute atomic E-state index is 0.181. The van der Waals surface area contributed by atoms with E-state index in [0.717, 1.165) is 61.4 Å². The molecule has 0 aliphatic carbocycles. The fraction of sp³-hybridized carbons (Fsp3) is 0.364. The van der Waals surface area contributed by atoms with E-state index in [9.17, 15) is 4.79 Å². The van der Waals surface area contributed by atoms with Crippen molar-refractivity contribution >= 4 is 16.8 Å². The molecular formula is C22H26N4O2. The summed E-state index contributed by atoms with van der Waals surface area (Å²) >= 11 is 0. The Morgan fingerprint density at radius 1 is 1.14 bits per heavy atom. The lowest BCUT2D eigenvalue weighted by Gasteiger charge is -2.34. The van der Waals surface area contributed by atoms with Crippen LogP contribution >= 0.6 is 0 Å². The van der Waals surface area contributed by atoms with Crippen LogP contribution in [-0.4, -0.2) is 65.5 Å². The Labute approximate surface area is 165 Å². The number of pyridine rings is 1. The number of amides is 1. The highest BCUT2D eigenvalue weighted by molar-refractivity contribution is 5.93. The van der Waals surface area contributed by atoms with Gasteiger partial charge in [0, 0.05) is 62.2 Å². The molecule has 6 nitrogen and oxygen atoms in total. The Morgan fingerprint density at radius 3 is 2.68 bits per heavy atom. The predicted octanol–water partition coefficient (Wildman–Crippen LogP) is 2.50. The number of nitrogens with one attached hydrogen (secondary N) is 1. The van der Waals surface area contributed by atoms with Crippen LogP contribution in [0.1, 0.15) is 11.1 Å². The van der Waals surface area contributed by atoms with Crippen molar-refractivity contribution in [3.63, 3.8) is 0 Å². The molecule has 1 amide bonds. The normalized spacial score (nSPS) is 15.1. The van der Waals surface area contributed by atoms with Gasteiger partial charge in [0.1, 0.15) is 5.75 Å². The zero-order valence-electron chi connectivity index (χ0n) is 16.2. The van der Waals surface area contributed by atoms with E-state index >= 15 is 0 Å². The number of piperazine rings is 1. The third-order valence-electron chi connectivity index (χ3n) is 5.50. The van der Waals surface area contributed by atoms with Gasteiger partial charge < -0.3 is 14.6 Å². The molecule has 4 rings (SSSR count). The highest BCUT2D eigenvalue weighted by Crippen LogP contribution is 2.29. The van der Waals surface area contributed by atoms with E-state index in [1.807, 2.05) is 41.7 Å². The van der Waals surface area contributed by atoms with Gasteiger partial charge in [0.2, 0.25) is 5.91 Å². The van der Waals surface area contributed by atoms with Crippen molar-refractivity contribution in [2.45, 2.75) is 12.8 Å². The van der Waals surface area contributed by atoms with E-state index < -0.39 is 0 Å². The molecule has 3 heterocycles. The largest absolute Gasteiger partial charge is 0.496 e. The highest BCUT2D eigenvalue weighted by atomic mass is 16.5. The molecule has 2 aromatic heterocycles. The van der Waals surface area contributed by atoms with Crippen molar-refractivity contribution in [1.29, 1.82) is 0 Å². The van der Waals surface area contributed by atoms with E-state index in [-0.39, 0.29) is 5.91 Å². The van der Waals surface area contributed by atoms with E-state index in [2.05, 4.69) is 27.0 Å². The first-order valence-electron chi connectivity index (χ1n) is 9.76. The Balaban J connectivity index is 1.32. The van der Waals surface area contributed by atoms with Gasteiger partial charge in [-0.25, -0.2) is 0 Å². The molecule has 0 spiro atoms. The predicted molar refractivity (Wildman–Crippen MR) is 110 cm³/mol. The molecule has 0 bridgehead atoms. The van der Waals surface area contributed by atoms with Crippen LogP contribution in [0.4, 0.5) is 0 Å². The lowest BCUT2D eigenvalue weighted by Crippen LogP contribution is -2.49. The summed E-state index contributed by atoms with van der Waals surface area (Å²) in [5, 5.41) is 1.01. The number of methoxy groups -OCH3 is 1. The molecular weight excluding hydrogens is 352 g/mol. The number of ether oxygens (including phenoxy) is 1. The minimum atomic E-state index is 0.181. The van der Waals surface area contributed by atoms with Crippen LogP contribution in [0.3, 0.4) is 0 Å². The summed E-state index contributed by atoms with van der Waals surface area (Å²) in [5.74, 6) is 0.989. The third kappa shape index (κ3) is 4.02. The molecule has 1 aromatic carbocycles. The SMILES string of the molecule is COc1cccc2[nH]cc(CC(=O)N3CCN(CCc4ccncc4)CC3)c12. The first kappa shape index (κ1) is 18.5. The zero-order valence-corrected chi connectivity index (χ0v) is 16.2. The number of fused-ring (bicyclic) bond motifs is 1. The second kappa shape index (κ2) is 8.44. The maximum Gasteiger partial charge on any atom is 0.227 e. The van der Waals surface area contributed by atoms with Crippen LogP contribution in [0.2, 0.25) is 0 Å². The molecule has 6 heteroatoms. The van der Waals surface area contributed by atoms with E-state index in [1.54, 1.807) is 7.11 Å². The molecule has 1 saturated heterocycles. The number of benzene rings is 1. The smallest absolute Gasteiger partial charge is 0.227 e. The molecule has 0 radical (unpaired) electrons. The fourth-order valence-corrected chi connectivity index (χ4v) is 3.86. The number of hydrogen-bond donors (Lipinski definition) is 1. The maximum atomic E-state index is 12.8. The number of aromatic nitrogens is 2. The Hall–Kier alpha value is -2.86. The summed E-state index contributed by atoms with van der Waals surface area (Å²) in [6, 6.07) is 10.0. The van der Waals surface area contributed by atoms with E-state index in [0.29, 0.717) is 6.42 Å². The van der Waals surface area contributed by atoms with Crippen LogP contribution < -0.4 is 4.74 Å². The van der Waals surface area contributed by atoms with E-state index in [1.165, 1.54) is 5.56 Å². The van der Waals surface area contributed by atoms with Crippen molar-refractivity contribution in [3.05, 3.63) is 60.0 Å². The molecule has 0 atom stereocenters. The number of carbonyl (C=O) groups is 1. The van der Waals surface area contributed by atoms with Crippen LogP contribution in [-0.2, 0) is 17.6 Å². The van der Waals surface area contributed by atoms with Gasteiger partial charge in [0.05, 0.1) is 13.5 Å². The molecule has 0 unspecified atom stereocenters. The molecule has 1 aliphatic heterocycles. The number of nitrogens with zero attached hydrogens (tertiary/aromatic N) is 3. The molecule has 146 valence electrons. The summed E-state index contributed by atoms with van der Waals surface area (Å²) in [5.41, 5.74) is 3.31. The standard InChI is InChI=1S/C22H26N4O2/c1-28-20-4-2-3-19-22(20)18(16-24-19)15-21(27)26-13-11-25(12-14-26)10-7-17-5-8-23-9-6-17/h2-6,8-9,16,24H,7,10-15H2,1H3. The molecule has 1 fully saturated rings. The second-order valence-electron chi connectivity index (χ2n) is 7.20. The molecule has 1 aliphatic rings. The average Bonchev–Trinajstić information content (AvgIpc) is 3.16. The zero-order chi connectivity index (χ0) is 19.3. The van der Waals surface area contributed by atoms with E-state index in [4.69, 9.17) is 4.74 Å². The highest BCUT2D eigenvalue weighted by Gasteiger charge is 2.22. The van der Waals surface area contributed by atoms with Crippen LogP contribution in [0, 0.1) is 0 Å². The van der Waals surface area contributed by atoms with Crippen molar-refractivity contribution < 1.29 is 9.53 Å². The van der Waals surface area contributed by atoms with Gasteiger partial charge in [-0.2, -0.15) is 0 Å². The average molecular weight is 378 g/mol. The molecule has 3 aromatic rings. The number of hydrogen-bond acceptors (Lipinski definition) is 4. The molecule has 28 heavy (non-hydrogen) atoms. The van der Waals surface area contributed by atoms with Crippen molar-refractivity contribution in [2.75, 3.05) is 39.8 Å². The molecule has 0 saturated carbocycles. The summed E-state index contributed by atoms with van der Waals surface area (Å²) in [4.78, 5) is 24.6. The first-order valence-corrected chi connectivity index (χ1v) is 9.76. The summed E-state index contributed by atoms with van der Waals surface area (Å²) < 4.78 is 5.48. The topological polar surface area (TPSA) is 61.5 Å². The van der Waals surface area contributed by atoms with Crippen LogP contribution in [0.15, 0.2) is 48.9 Å². The van der Waals surface area contributed by atoms with Crippen molar-refractivity contribution in [2.24, 2.45) is 0 Å². The summed E-state index contributed by atoms with van der Waals surface area (Å²) in [7, 11) is 1.67. The van der Waals surface area contributed by atoms with Crippen molar-refractivity contribution in [3.8, 4) is 5.75 Å². The van der Waals surface area contributed by atoms with Gasteiger partial charge in [-0.1, -0.05) is 6.07 Å². The number of rotatable bonds is 6. The van der Waals surface area contributed by atoms with Crippen LogP contribution in [0.25, 0.3) is 10.9 Å². The number of aromatic amines is 1. The van der Waals surface area contributed by atoms with Gasteiger partial charge in [-0.05, 0) is 41.8 Å². The number of H-pyrrole nitrogens is 1. The quantitative estimate of drug-likeness (QED) is 0.716. The van der Waals surface area contributed by atoms with Gasteiger partial charge in [0.15, 0.2) is 0 Å². The van der Waals surface area contributed by atoms with Crippen LogP contribution in [0.5, 0.6) is 5.75 Å². The Bertz CT molecular complexity index is 930. The summed E-state index contributed by atoms with van der Waals surface area (Å²) in [6.45, 7) is 4.44. The van der Waals surface area contributed by atoms with Gasteiger partial charge in [0.25, 0.3) is 0 Å². The third-order valence-corrected chi connectivity index (χ3v) is 5.50. The Morgan fingerprint density at radius 2 is 1.93 bits per heavy atom. The molecule has 1 N–H and O–H groups in total. The lowest BCUT2D eigenvalue weighted by molar-refractivity contribution is -0.132. The lowest BCUT2D eigenvalue weighted by atomic mass is 10.1. The fourth-order valence-electron chi connectivity index (χ4n) is 3.86. The first-order chi connectivity index (χ1) is 13.7. The number of carbonyl (C=O) groups excluding carboxylic acids is 1. The minimum Gasteiger partial charge on any atom is -0.496 e. The maximum absolute atomic E-state index is 12.8. The second-order valence-corrected chi connectivity index (χ2v) is 7.20. The monoisotopic (exact) mass is 378 g/mol.